The summed E-state index contributed by atoms with van der Waals surface area (Å²) in [5.74, 6) is -4.50. The molecule has 0 saturated carbocycles. The van der Waals surface area contributed by atoms with E-state index in [1.165, 1.54) is 20.8 Å². The predicted molar refractivity (Wildman–Crippen MR) is 199 cm³/mol. The molecule has 1 aromatic heterocycles. The minimum atomic E-state index is -1.81. The number of amides is 1. The molecule has 4 rings (SSSR count). The van der Waals surface area contributed by atoms with Crippen LogP contribution in [0.25, 0.3) is 0 Å². The molecular formula is C39H60N4O11. The Labute approximate surface area is 318 Å². The van der Waals surface area contributed by atoms with Crippen LogP contribution in [-0.4, -0.2) is 131 Å². The van der Waals surface area contributed by atoms with Crippen LogP contribution in [0.2, 0.25) is 0 Å². The van der Waals surface area contributed by atoms with Gasteiger partial charge in [-0.2, -0.15) is 0 Å². The maximum absolute atomic E-state index is 14.4. The van der Waals surface area contributed by atoms with Crippen molar-refractivity contribution >= 4 is 29.1 Å². The topological polar surface area (TPSA) is 188 Å². The monoisotopic (exact) mass is 760 g/mol. The van der Waals surface area contributed by atoms with Crippen LogP contribution in [0.15, 0.2) is 34.7 Å². The van der Waals surface area contributed by atoms with Crippen LogP contribution < -0.4 is 0 Å². The molecule has 54 heavy (non-hydrogen) atoms. The number of ether oxygens (including phenoxy) is 5. The van der Waals surface area contributed by atoms with Gasteiger partial charge in [0, 0.05) is 49.0 Å². The van der Waals surface area contributed by atoms with Gasteiger partial charge in [-0.15, -0.1) is 0 Å². The number of esters is 1. The highest BCUT2D eigenvalue weighted by Gasteiger charge is 2.51. The molecule has 0 spiro atoms. The number of aliphatic hydroxyl groups is 2. The number of aromatic nitrogens is 1. The normalized spacial score (nSPS) is 39.1. The summed E-state index contributed by atoms with van der Waals surface area (Å²) in [6, 6.07) is 3.32. The summed E-state index contributed by atoms with van der Waals surface area (Å²) in [6.07, 6.45) is -1.62. The van der Waals surface area contributed by atoms with Crippen LogP contribution in [0.5, 0.6) is 0 Å². The minimum absolute atomic E-state index is 0.0102. The SMILES string of the molecule is CC[C@@H]1OC(=O)[C@H](C)C(=O)[C@H](C)[C@@H](O[C@@H]2O[C@H](C)C[C@H](N(C)C)[C@H]2O)[C@@]2(C)C[C@@H](C)C(=NC(C)=O)C[C@H](OC/C(=N/OCc3cccnc3)CO2)[C@]1(C)O. The second-order valence-electron chi connectivity index (χ2n) is 15.7. The Hall–Kier alpha value is -3.18. The summed E-state index contributed by atoms with van der Waals surface area (Å²) < 4.78 is 32.0. The number of carbonyl (C=O) groups excluding carboxylic acids is 3. The van der Waals surface area contributed by atoms with E-state index in [4.69, 9.17) is 28.5 Å². The highest BCUT2D eigenvalue weighted by molar-refractivity contribution is 6.00. The molecule has 3 saturated heterocycles. The fraction of sp³-hybridized carbons (Fsp3) is 0.744. The van der Waals surface area contributed by atoms with Gasteiger partial charge in [-0.05, 0) is 73.0 Å². The number of likely N-dealkylation sites (N-methyl/N-ethyl adjacent to an activating group) is 1. The second-order valence-corrected chi connectivity index (χ2v) is 15.7. The van der Waals surface area contributed by atoms with E-state index in [1.54, 1.807) is 39.2 Å². The number of fused-ring (bicyclic) bond motifs is 5. The molecule has 0 aliphatic carbocycles. The van der Waals surface area contributed by atoms with Gasteiger partial charge in [0.25, 0.3) is 0 Å². The van der Waals surface area contributed by atoms with Gasteiger partial charge in [0.15, 0.2) is 12.1 Å². The van der Waals surface area contributed by atoms with Crippen molar-refractivity contribution in [3.63, 3.8) is 0 Å². The second kappa shape index (κ2) is 18.6. The number of aliphatic imine (C=N–C) groups is 1. The molecule has 0 unspecified atom stereocenters. The lowest BCUT2D eigenvalue weighted by Gasteiger charge is -2.47. The highest BCUT2D eigenvalue weighted by atomic mass is 16.7. The summed E-state index contributed by atoms with van der Waals surface area (Å²) in [6.45, 7) is 13.0. The summed E-state index contributed by atoms with van der Waals surface area (Å²) in [4.78, 5) is 56.9. The first-order valence-corrected chi connectivity index (χ1v) is 18.9. The highest BCUT2D eigenvalue weighted by Crippen LogP contribution is 2.39. The quantitative estimate of drug-likeness (QED) is 0.235. The van der Waals surface area contributed by atoms with Crippen molar-refractivity contribution in [2.24, 2.45) is 27.9 Å². The standard InChI is InChI=1S/C39H60N4O11/c1-11-31-39(8,48)32-16-29(41-26(6)44)22(2)17-38(7,50-21-28(20-49-32)42-51-19-27-13-12-14-40-18-27)35(24(4)33(45)25(5)36(47)53-31)54-37-34(46)30(43(9)10)15-23(3)52-37/h12-14,18,22-25,30-32,34-35,37,46,48H,11,15-17,19-21H2,1-10H3/b41-29?,42-28-/t22-,23-,24+,25-,30+,31+,32+,34-,35-,37+,38-,39-/m1/s1. The van der Waals surface area contributed by atoms with Crippen molar-refractivity contribution in [1.82, 2.24) is 9.88 Å². The molecule has 0 aromatic carbocycles. The Balaban J connectivity index is 1.90. The maximum Gasteiger partial charge on any atom is 0.316 e. The van der Waals surface area contributed by atoms with E-state index in [9.17, 15) is 24.6 Å². The number of Topliss-reactive ketones (excluding diaryl/α,β-unsaturated/α-hetero) is 1. The molecule has 4 heterocycles. The molecule has 1 aromatic rings. The third kappa shape index (κ3) is 10.6. The molecule has 2 bridgehead atoms. The number of nitrogens with zero attached hydrogens (tertiary/aromatic N) is 4. The van der Waals surface area contributed by atoms with Crippen LogP contribution in [-0.2, 0) is 49.5 Å². The number of carbonyl (C=O) groups is 3. The lowest BCUT2D eigenvalue weighted by Crippen LogP contribution is -2.59. The van der Waals surface area contributed by atoms with E-state index < -0.39 is 77.3 Å². The van der Waals surface area contributed by atoms with Crippen molar-refractivity contribution in [2.45, 2.75) is 142 Å². The molecule has 3 aliphatic rings. The fourth-order valence-electron chi connectivity index (χ4n) is 7.70. The molecule has 12 atom stereocenters. The third-order valence-corrected chi connectivity index (χ3v) is 10.9. The first-order chi connectivity index (χ1) is 25.4. The van der Waals surface area contributed by atoms with Crippen LogP contribution in [0, 0.1) is 17.8 Å². The molecular weight excluding hydrogens is 700 g/mol. The van der Waals surface area contributed by atoms with E-state index in [-0.39, 0.29) is 51.2 Å². The van der Waals surface area contributed by atoms with Gasteiger partial charge >= 0.3 is 5.97 Å². The first kappa shape index (κ1) is 43.5. The van der Waals surface area contributed by atoms with Gasteiger partial charge in [0.05, 0.1) is 37.1 Å². The van der Waals surface area contributed by atoms with E-state index in [0.29, 0.717) is 17.8 Å². The minimum Gasteiger partial charge on any atom is -0.459 e. The number of oxime groups is 1. The molecule has 2 N–H and O–H groups in total. The van der Waals surface area contributed by atoms with E-state index in [2.05, 4.69) is 15.1 Å². The van der Waals surface area contributed by atoms with Gasteiger partial charge < -0.3 is 43.6 Å². The largest absolute Gasteiger partial charge is 0.459 e. The van der Waals surface area contributed by atoms with Crippen molar-refractivity contribution in [3.05, 3.63) is 30.1 Å². The lowest BCUT2D eigenvalue weighted by atomic mass is 9.76. The summed E-state index contributed by atoms with van der Waals surface area (Å²) >= 11 is 0. The number of cyclic esters (lactones) is 1. The van der Waals surface area contributed by atoms with Crippen LogP contribution in [0.1, 0.15) is 86.6 Å². The maximum atomic E-state index is 14.4. The van der Waals surface area contributed by atoms with E-state index in [1.807, 2.05) is 38.9 Å². The number of aliphatic hydroxyl groups excluding tert-OH is 1. The van der Waals surface area contributed by atoms with E-state index in [0.717, 1.165) is 5.56 Å². The Morgan fingerprint density at radius 2 is 1.87 bits per heavy atom. The number of hydrogen-bond donors (Lipinski definition) is 2. The molecule has 3 fully saturated rings. The summed E-state index contributed by atoms with van der Waals surface area (Å²) in [5.41, 5.74) is -1.67. The van der Waals surface area contributed by atoms with Crippen molar-refractivity contribution < 1.29 is 53.1 Å². The van der Waals surface area contributed by atoms with Gasteiger partial charge in [-0.25, -0.2) is 4.99 Å². The molecule has 15 nitrogen and oxygen atoms in total. The number of hydrogen-bond acceptors (Lipinski definition) is 14. The van der Waals surface area contributed by atoms with Gasteiger partial charge in [-0.3, -0.25) is 19.4 Å². The first-order valence-electron chi connectivity index (χ1n) is 18.9. The van der Waals surface area contributed by atoms with Gasteiger partial charge in [0.2, 0.25) is 5.91 Å². The van der Waals surface area contributed by atoms with Gasteiger partial charge in [-0.1, -0.05) is 32.0 Å². The zero-order chi connectivity index (χ0) is 40.0. The number of ketones is 1. The van der Waals surface area contributed by atoms with Crippen molar-refractivity contribution in [3.8, 4) is 0 Å². The molecule has 1 amide bonds. The molecule has 15 heteroatoms. The van der Waals surface area contributed by atoms with Gasteiger partial charge in [0.1, 0.15) is 36.0 Å². The third-order valence-electron chi connectivity index (χ3n) is 10.9. The summed E-state index contributed by atoms with van der Waals surface area (Å²) in [5, 5.41) is 28.1. The van der Waals surface area contributed by atoms with E-state index >= 15 is 0 Å². The zero-order valence-corrected chi connectivity index (χ0v) is 33.4. The molecule has 0 radical (unpaired) electrons. The van der Waals surface area contributed by atoms with Crippen LogP contribution >= 0.6 is 0 Å². The smallest absolute Gasteiger partial charge is 0.316 e. The number of rotatable bonds is 7. The summed E-state index contributed by atoms with van der Waals surface area (Å²) in [7, 11) is 3.73. The number of pyridine rings is 1. The Bertz CT molecular complexity index is 1500. The lowest BCUT2D eigenvalue weighted by molar-refractivity contribution is -0.296. The molecule has 302 valence electrons. The predicted octanol–water partition coefficient (Wildman–Crippen LogP) is 3.27. The van der Waals surface area contributed by atoms with Crippen LogP contribution in [0.4, 0.5) is 0 Å². The van der Waals surface area contributed by atoms with Crippen LogP contribution in [0.3, 0.4) is 0 Å². The molecule has 3 aliphatic heterocycles. The van der Waals surface area contributed by atoms with Crippen molar-refractivity contribution in [1.29, 1.82) is 0 Å². The average Bonchev–Trinajstić information content (AvgIpc) is 3.14. The average molecular weight is 761 g/mol. The Morgan fingerprint density at radius 1 is 1.15 bits per heavy atom. The Morgan fingerprint density at radius 3 is 2.50 bits per heavy atom. The Kier molecular flexibility index (Phi) is 15.0. The fourth-order valence-corrected chi connectivity index (χ4v) is 7.70. The van der Waals surface area contributed by atoms with Crippen molar-refractivity contribution in [2.75, 3.05) is 27.3 Å². The zero-order valence-electron chi connectivity index (χ0n) is 33.4.